The molecule has 144 valence electrons. The third-order valence-corrected chi connectivity index (χ3v) is 2.83. The normalized spacial score (nSPS) is 15.4. The van der Waals surface area contributed by atoms with E-state index in [0.717, 1.165) is 0 Å². The van der Waals surface area contributed by atoms with Crippen molar-refractivity contribution in [1.29, 1.82) is 0 Å². The number of amides is 1. The molecule has 0 radical (unpaired) electrons. The van der Waals surface area contributed by atoms with Gasteiger partial charge in [-0.2, -0.15) is 0 Å². The highest BCUT2D eigenvalue weighted by molar-refractivity contribution is 5.81. The van der Waals surface area contributed by atoms with Gasteiger partial charge in [-0.1, -0.05) is 5.11 Å². The fourth-order valence-corrected chi connectivity index (χ4v) is 1.79. The maximum atomic E-state index is 12.3. The lowest BCUT2D eigenvalue weighted by Gasteiger charge is -2.28. The number of carbonyl (C=O) groups is 2. The Bertz CT molecular complexity index is 514. The Hall–Kier alpha value is -1.99. The Balaban J connectivity index is 5.04. The molecule has 0 aromatic carbocycles. The van der Waals surface area contributed by atoms with Crippen molar-refractivity contribution in [3.63, 3.8) is 0 Å². The van der Waals surface area contributed by atoms with E-state index in [1.165, 1.54) is 6.92 Å². The molecule has 0 aliphatic heterocycles. The Morgan fingerprint density at radius 3 is 2.08 bits per heavy atom. The number of rotatable bonds is 7. The molecule has 0 aliphatic rings. The summed E-state index contributed by atoms with van der Waals surface area (Å²) >= 11 is 0. The van der Waals surface area contributed by atoms with Gasteiger partial charge in [0.1, 0.15) is 17.2 Å². The quantitative estimate of drug-likeness (QED) is 0.312. The van der Waals surface area contributed by atoms with Crippen molar-refractivity contribution in [3.05, 3.63) is 10.4 Å². The van der Waals surface area contributed by atoms with Gasteiger partial charge in [-0.15, -0.1) is 0 Å². The van der Waals surface area contributed by atoms with Crippen molar-refractivity contribution in [2.75, 3.05) is 6.54 Å². The summed E-state index contributed by atoms with van der Waals surface area (Å²) in [7, 11) is 0. The van der Waals surface area contributed by atoms with Crippen LogP contribution in [0.5, 0.6) is 0 Å². The van der Waals surface area contributed by atoms with E-state index in [4.69, 9.17) is 15.0 Å². The minimum absolute atomic E-state index is 0.0993. The first-order chi connectivity index (χ1) is 11.2. The lowest BCUT2D eigenvalue weighted by Crippen LogP contribution is -2.47. The van der Waals surface area contributed by atoms with Crippen LogP contribution in [0, 0.1) is 0 Å². The molecule has 0 saturated heterocycles. The molecule has 25 heavy (non-hydrogen) atoms. The molecule has 0 spiro atoms. The van der Waals surface area contributed by atoms with E-state index in [-0.39, 0.29) is 19.4 Å². The maximum Gasteiger partial charge on any atom is 0.408 e. The number of nitrogens with one attached hydrogen (secondary N) is 1. The summed E-state index contributed by atoms with van der Waals surface area (Å²) in [4.78, 5) is 26.9. The van der Waals surface area contributed by atoms with Crippen LogP contribution in [0.2, 0.25) is 0 Å². The molecule has 0 aromatic rings. The van der Waals surface area contributed by atoms with E-state index < -0.39 is 34.9 Å². The van der Waals surface area contributed by atoms with E-state index in [1.54, 1.807) is 41.5 Å². The van der Waals surface area contributed by atoms with E-state index in [0.29, 0.717) is 0 Å². The Labute approximate surface area is 148 Å². The summed E-state index contributed by atoms with van der Waals surface area (Å²) in [6.45, 7) is 11.6. The van der Waals surface area contributed by atoms with Gasteiger partial charge in [0.25, 0.3) is 0 Å². The fraction of sp³-hybridized carbons (Fsp3) is 0.875. The van der Waals surface area contributed by atoms with Crippen molar-refractivity contribution in [1.82, 2.24) is 5.32 Å². The first-order valence-corrected chi connectivity index (χ1v) is 8.11. The number of ether oxygens (including phenoxy) is 2. The predicted molar refractivity (Wildman–Crippen MR) is 92.9 cm³/mol. The van der Waals surface area contributed by atoms with E-state index in [9.17, 15) is 14.7 Å². The summed E-state index contributed by atoms with van der Waals surface area (Å²) in [5, 5.41) is 16.0. The van der Waals surface area contributed by atoms with Crippen LogP contribution < -0.4 is 5.32 Å². The second-order valence-corrected chi connectivity index (χ2v) is 8.16. The van der Waals surface area contributed by atoms with Crippen LogP contribution in [-0.2, 0) is 14.3 Å². The van der Waals surface area contributed by atoms with Crippen LogP contribution in [0.3, 0.4) is 0 Å². The molecule has 0 saturated carbocycles. The van der Waals surface area contributed by atoms with Crippen LogP contribution in [-0.4, -0.2) is 46.6 Å². The zero-order valence-corrected chi connectivity index (χ0v) is 16.1. The van der Waals surface area contributed by atoms with Gasteiger partial charge >= 0.3 is 12.1 Å². The van der Waals surface area contributed by atoms with Crippen LogP contribution in [0.4, 0.5) is 4.79 Å². The van der Waals surface area contributed by atoms with Crippen molar-refractivity contribution in [2.45, 2.75) is 84.2 Å². The lowest BCUT2D eigenvalue weighted by atomic mass is 9.97. The van der Waals surface area contributed by atoms with Crippen molar-refractivity contribution < 1.29 is 24.2 Å². The first-order valence-electron chi connectivity index (χ1n) is 8.11. The molecular weight excluding hydrogens is 328 g/mol. The van der Waals surface area contributed by atoms with E-state index in [1.807, 2.05) is 0 Å². The molecule has 2 atom stereocenters. The fourth-order valence-electron chi connectivity index (χ4n) is 1.79. The molecule has 0 rings (SSSR count). The minimum atomic E-state index is -1.30. The highest BCUT2D eigenvalue weighted by Crippen LogP contribution is 2.18. The third-order valence-electron chi connectivity index (χ3n) is 2.83. The van der Waals surface area contributed by atoms with Crippen molar-refractivity contribution >= 4 is 12.1 Å². The SMILES string of the molecule is CC(C)(C)OC(=O)N[C@@H](CC[C@@](C)(O)CN=[N+]=[N-])C(=O)OC(C)(C)C. The molecular formula is C16H30N4O5. The molecule has 1 amide bonds. The number of esters is 1. The molecule has 9 heteroatoms. The summed E-state index contributed by atoms with van der Waals surface area (Å²) < 4.78 is 10.5. The molecule has 0 heterocycles. The predicted octanol–water partition coefficient (Wildman–Crippen LogP) is 3.06. The average molecular weight is 358 g/mol. The lowest BCUT2D eigenvalue weighted by molar-refractivity contribution is -0.157. The maximum absolute atomic E-state index is 12.3. The van der Waals surface area contributed by atoms with Gasteiger partial charge in [0.15, 0.2) is 0 Å². The van der Waals surface area contributed by atoms with Gasteiger partial charge in [0.2, 0.25) is 0 Å². The molecule has 0 bridgehead atoms. The number of carbonyl (C=O) groups excluding carboxylic acids is 2. The first kappa shape index (κ1) is 23.0. The second kappa shape index (κ2) is 8.92. The molecule has 9 nitrogen and oxygen atoms in total. The largest absolute Gasteiger partial charge is 0.458 e. The summed E-state index contributed by atoms with van der Waals surface area (Å²) in [6, 6.07) is -0.994. The zero-order valence-electron chi connectivity index (χ0n) is 16.1. The van der Waals surface area contributed by atoms with Crippen molar-refractivity contribution in [3.8, 4) is 0 Å². The summed E-state index contributed by atoms with van der Waals surface area (Å²) in [6.07, 6.45) is -0.536. The van der Waals surface area contributed by atoms with E-state index >= 15 is 0 Å². The molecule has 0 aliphatic carbocycles. The number of azide groups is 1. The number of alkyl carbamates (subject to hydrolysis) is 1. The third kappa shape index (κ3) is 12.1. The Kier molecular flexibility index (Phi) is 8.21. The standard InChI is InChI=1S/C16H30N4O5/c1-14(2,3)24-12(21)11(19-13(22)25-15(4,5)6)8-9-16(7,23)10-18-20-17/h11,23H,8-10H2,1-7H3,(H,19,22)/t11-,16+/m0/s1. The molecule has 0 fully saturated rings. The highest BCUT2D eigenvalue weighted by atomic mass is 16.6. The second-order valence-electron chi connectivity index (χ2n) is 8.16. The van der Waals surface area contributed by atoms with Gasteiger partial charge in [-0.25, -0.2) is 9.59 Å². The number of nitrogens with zero attached hydrogens (tertiary/aromatic N) is 3. The van der Waals surface area contributed by atoms with Gasteiger partial charge in [0, 0.05) is 4.91 Å². The zero-order chi connectivity index (χ0) is 19.9. The topological polar surface area (TPSA) is 134 Å². The average Bonchev–Trinajstić information content (AvgIpc) is 2.37. The monoisotopic (exact) mass is 358 g/mol. The minimum Gasteiger partial charge on any atom is -0.458 e. The van der Waals surface area contributed by atoms with Crippen LogP contribution in [0.1, 0.15) is 61.3 Å². The summed E-state index contributed by atoms with van der Waals surface area (Å²) in [5.41, 5.74) is 5.61. The van der Waals surface area contributed by atoms with E-state index in [2.05, 4.69) is 15.3 Å². The van der Waals surface area contributed by atoms with Gasteiger partial charge < -0.3 is 19.9 Å². The Morgan fingerprint density at radius 1 is 1.12 bits per heavy atom. The van der Waals surface area contributed by atoms with Gasteiger partial charge in [0.05, 0.1) is 12.1 Å². The Morgan fingerprint density at radius 2 is 1.64 bits per heavy atom. The summed E-state index contributed by atoms with van der Waals surface area (Å²) in [5.74, 6) is -0.627. The van der Waals surface area contributed by atoms with Crippen molar-refractivity contribution in [2.24, 2.45) is 5.11 Å². The smallest absolute Gasteiger partial charge is 0.408 e. The molecule has 2 N–H and O–H groups in total. The number of hydrogen-bond acceptors (Lipinski definition) is 6. The van der Waals surface area contributed by atoms with Gasteiger partial charge in [-0.3, -0.25) is 0 Å². The molecule has 0 unspecified atom stereocenters. The van der Waals surface area contributed by atoms with Crippen LogP contribution >= 0.6 is 0 Å². The number of aliphatic hydroxyl groups is 1. The number of hydrogen-bond donors (Lipinski definition) is 2. The highest BCUT2D eigenvalue weighted by Gasteiger charge is 2.31. The van der Waals surface area contributed by atoms with Crippen LogP contribution in [0.25, 0.3) is 10.4 Å². The molecule has 0 aromatic heterocycles. The van der Waals surface area contributed by atoms with Gasteiger partial charge in [-0.05, 0) is 66.8 Å². The van der Waals surface area contributed by atoms with Crippen LogP contribution in [0.15, 0.2) is 5.11 Å².